The van der Waals surface area contributed by atoms with Gasteiger partial charge in [-0.1, -0.05) is 37.1 Å². The third-order valence-corrected chi connectivity index (χ3v) is 3.54. The minimum absolute atomic E-state index is 0.317. The van der Waals surface area contributed by atoms with Crippen LogP contribution in [0, 0.1) is 13.8 Å². The van der Waals surface area contributed by atoms with E-state index in [1.54, 1.807) is 6.07 Å². The monoisotopic (exact) mass is 277 g/mol. The number of alkyl halides is 1. The lowest BCUT2D eigenvalue weighted by atomic mass is 9.84. The third-order valence-electron chi connectivity index (χ3n) is 3.54. The molecule has 2 unspecified atom stereocenters. The zero-order valence-electron chi connectivity index (χ0n) is 12.0. The first-order valence-electron chi connectivity index (χ1n) is 6.77. The summed E-state index contributed by atoms with van der Waals surface area (Å²) in [4.78, 5) is 3.75. The normalized spacial score (nSPS) is 15.8. The Morgan fingerprint density at radius 3 is 2.70 bits per heavy atom. The van der Waals surface area contributed by atoms with E-state index >= 15 is 0 Å². The van der Waals surface area contributed by atoms with Crippen molar-refractivity contribution in [2.24, 2.45) is 0 Å². The maximum Gasteiger partial charge on any atom is 0.225 e. The van der Waals surface area contributed by atoms with Crippen LogP contribution in [0.3, 0.4) is 0 Å². The van der Waals surface area contributed by atoms with Crippen molar-refractivity contribution in [3.8, 4) is 0 Å². The fourth-order valence-corrected chi connectivity index (χ4v) is 2.62. The van der Waals surface area contributed by atoms with Crippen LogP contribution in [-0.2, 0) is 5.60 Å². The van der Waals surface area contributed by atoms with Crippen LogP contribution in [0.1, 0.15) is 42.8 Å². The second-order valence-corrected chi connectivity index (χ2v) is 5.20. The molecule has 0 radical (unpaired) electrons. The fraction of sp³-hybridized carbons (Fsp3) is 0.467. The lowest BCUT2D eigenvalue weighted by Gasteiger charge is -2.33. The van der Waals surface area contributed by atoms with Crippen LogP contribution >= 0.6 is 0 Å². The minimum atomic E-state index is -1.66. The summed E-state index contributed by atoms with van der Waals surface area (Å²) in [5.41, 5.74) is 0.971. The van der Waals surface area contributed by atoms with Gasteiger partial charge in [0, 0.05) is 0 Å². The molecule has 1 heterocycles. The molecule has 5 heteroatoms. The van der Waals surface area contributed by atoms with Crippen LogP contribution in [0.15, 0.2) is 30.9 Å². The van der Waals surface area contributed by atoms with Crippen molar-refractivity contribution in [3.05, 3.63) is 47.5 Å². The molecule has 0 amide bonds. The van der Waals surface area contributed by atoms with E-state index in [9.17, 15) is 9.50 Å². The molecule has 0 saturated heterocycles. The van der Waals surface area contributed by atoms with Gasteiger partial charge in [0.25, 0.3) is 0 Å². The highest BCUT2D eigenvalue weighted by atomic mass is 19.1. The Balaban J connectivity index is 2.48. The quantitative estimate of drug-likeness (QED) is 0.914. The first-order chi connectivity index (χ1) is 9.49. The molecule has 2 aromatic rings. The number of hydrogen-bond donors (Lipinski definition) is 1. The third kappa shape index (κ3) is 2.58. The molecule has 1 aromatic heterocycles. The summed E-state index contributed by atoms with van der Waals surface area (Å²) in [5.74, 6) is 0. The molecule has 0 fully saturated rings. The standard InChI is InChI=1S/C15H20FN3O/c1-4-7-15(20,14(16)19-10-17-9-18-19)13-6-5-11(2)8-12(13)3/h5-6,8-10,14,20H,4,7H2,1-3H3. The Labute approximate surface area is 118 Å². The summed E-state index contributed by atoms with van der Waals surface area (Å²) < 4.78 is 15.8. The smallest absolute Gasteiger partial charge is 0.225 e. The van der Waals surface area contributed by atoms with Crippen molar-refractivity contribution in [2.45, 2.75) is 45.5 Å². The maximum absolute atomic E-state index is 14.8. The van der Waals surface area contributed by atoms with Gasteiger partial charge in [0.15, 0.2) is 0 Å². The SMILES string of the molecule is CCCC(O)(c1ccc(C)cc1C)C(F)n1cncn1. The zero-order valence-corrected chi connectivity index (χ0v) is 12.0. The van der Waals surface area contributed by atoms with Gasteiger partial charge >= 0.3 is 0 Å². The van der Waals surface area contributed by atoms with Crippen molar-refractivity contribution in [1.29, 1.82) is 0 Å². The van der Waals surface area contributed by atoms with E-state index in [0.717, 1.165) is 15.8 Å². The molecule has 1 N–H and O–H groups in total. The molecular weight excluding hydrogens is 257 g/mol. The molecule has 0 aliphatic carbocycles. The molecule has 2 atom stereocenters. The van der Waals surface area contributed by atoms with E-state index < -0.39 is 11.9 Å². The Hall–Kier alpha value is -1.75. The number of hydrogen-bond acceptors (Lipinski definition) is 3. The Kier molecular flexibility index (Phi) is 4.18. The van der Waals surface area contributed by atoms with E-state index in [1.165, 1.54) is 12.7 Å². The van der Waals surface area contributed by atoms with Crippen molar-refractivity contribution >= 4 is 0 Å². The predicted octanol–water partition coefficient (Wildman–Crippen LogP) is 3.05. The largest absolute Gasteiger partial charge is 0.380 e. The van der Waals surface area contributed by atoms with Gasteiger partial charge in [0.2, 0.25) is 6.30 Å². The maximum atomic E-state index is 14.8. The van der Waals surface area contributed by atoms with E-state index in [1.807, 2.05) is 32.9 Å². The summed E-state index contributed by atoms with van der Waals surface area (Å²) >= 11 is 0. The summed E-state index contributed by atoms with van der Waals surface area (Å²) in [7, 11) is 0. The molecule has 0 bridgehead atoms. The fourth-order valence-electron chi connectivity index (χ4n) is 2.62. The van der Waals surface area contributed by atoms with Gasteiger partial charge in [-0.2, -0.15) is 5.10 Å². The number of aliphatic hydroxyl groups is 1. The molecule has 0 saturated carbocycles. The summed E-state index contributed by atoms with van der Waals surface area (Å²) in [6.45, 7) is 5.78. The van der Waals surface area contributed by atoms with Crippen molar-refractivity contribution in [1.82, 2.24) is 14.8 Å². The summed E-state index contributed by atoms with van der Waals surface area (Å²) in [5, 5.41) is 14.7. The lowest BCUT2D eigenvalue weighted by Crippen LogP contribution is -2.35. The first-order valence-corrected chi connectivity index (χ1v) is 6.77. The molecule has 0 aliphatic heterocycles. The predicted molar refractivity (Wildman–Crippen MR) is 74.9 cm³/mol. The molecule has 0 aliphatic rings. The average Bonchev–Trinajstić information content (AvgIpc) is 2.91. The molecule has 2 rings (SSSR count). The van der Waals surface area contributed by atoms with Crippen molar-refractivity contribution in [2.75, 3.05) is 0 Å². The van der Waals surface area contributed by atoms with Gasteiger partial charge in [-0.25, -0.2) is 14.1 Å². The molecule has 20 heavy (non-hydrogen) atoms. The summed E-state index contributed by atoms with van der Waals surface area (Å²) in [6.07, 6.45) is 1.87. The number of halogens is 1. The highest BCUT2D eigenvalue weighted by molar-refractivity contribution is 5.35. The van der Waals surface area contributed by atoms with Gasteiger partial charge in [0.1, 0.15) is 18.3 Å². The van der Waals surface area contributed by atoms with Crippen molar-refractivity contribution in [3.63, 3.8) is 0 Å². The molecular formula is C15H20FN3O. The van der Waals surface area contributed by atoms with E-state index in [2.05, 4.69) is 10.1 Å². The number of nitrogens with zero attached hydrogens (tertiary/aromatic N) is 3. The Bertz CT molecular complexity index is 571. The van der Waals surface area contributed by atoms with Crippen LogP contribution in [0.5, 0.6) is 0 Å². The molecule has 4 nitrogen and oxygen atoms in total. The lowest BCUT2D eigenvalue weighted by molar-refractivity contribution is -0.0881. The number of aryl methyl sites for hydroxylation is 2. The van der Waals surface area contributed by atoms with Gasteiger partial charge in [-0.05, 0) is 31.4 Å². The zero-order chi connectivity index (χ0) is 14.8. The van der Waals surface area contributed by atoms with Crippen LogP contribution in [0.25, 0.3) is 0 Å². The number of aromatic nitrogens is 3. The Morgan fingerprint density at radius 1 is 1.40 bits per heavy atom. The van der Waals surface area contributed by atoms with Crippen LogP contribution in [0.4, 0.5) is 4.39 Å². The second-order valence-electron chi connectivity index (χ2n) is 5.20. The average molecular weight is 277 g/mol. The van der Waals surface area contributed by atoms with Crippen LogP contribution < -0.4 is 0 Å². The second kappa shape index (κ2) is 5.71. The topological polar surface area (TPSA) is 50.9 Å². The molecule has 0 spiro atoms. The Morgan fingerprint density at radius 2 is 2.15 bits per heavy atom. The van der Waals surface area contributed by atoms with Crippen LogP contribution in [-0.4, -0.2) is 19.9 Å². The molecule has 1 aromatic carbocycles. The van der Waals surface area contributed by atoms with Gasteiger partial charge in [-0.15, -0.1) is 0 Å². The van der Waals surface area contributed by atoms with Crippen LogP contribution in [0.2, 0.25) is 0 Å². The van der Waals surface area contributed by atoms with E-state index in [-0.39, 0.29) is 0 Å². The van der Waals surface area contributed by atoms with E-state index in [0.29, 0.717) is 18.4 Å². The summed E-state index contributed by atoms with van der Waals surface area (Å²) in [6, 6.07) is 5.63. The van der Waals surface area contributed by atoms with Crippen molar-refractivity contribution < 1.29 is 9.50 Å². The molecule has 108 valence electrons. The van der Waals surface area contributed by atoms with Gasteiger partial charge < -0.3 is 5.11 Å². The first kappa shape index (κ1) is 14.7. The minimum Gasteiger partial charge on any atom is -0.380 e. The number of rotatable bonds is 5. The van der Waals surface area contributed by atoms with Gasteiger partial charge in [0.05, 0.1) is 0 Å². The highest BCUT2D eigenvalue weighted by Gasteiger charge is 2.41. The number of benzene rings is 1. The van der Waals surface area contributed by atoms with Gasteiger partial charge in [-0.3, -0.25) is 0 Å². The van der Waals surface area contributed by atoms with E-state index in [4.69, 9.17) is 0 Å². The highest BCUT2D eigenvalue weighted by Crippen LogP contribution is 2.39.